The van der Waals surface area contributed by atoms with Crippen LogP contribution in [0, 0.1) is 0 Å². The number of hydrogen-bond acceptors (Lipinski definition) is 4. The average Bonchev–Trinajstić information content (AvgIpc) is 2.37. The van der Waals surface area contributed by atoms with Gasteiger partial charge >= 0.3 is 6.18 Å². The van der Waals surface area contributed by atoms with E-state index in [1.807, 2.05) is 0 Å². The van der Waals surface area contributed by atoms with E-state index in [1.165, 1.54) is 0 Å². The topological polar surface area (TPSA) is 57.3 Å². The molecule has 1 amide bonds. The van der Waals surface area contributed by atoms with Crippen LogP contribution in [0.1, 0.15) is 5.56 Å². The van der Waals surface area contributed by atoms with E-state index >= 15 is 0 Å². The van der Waals surface area contributed by atoms with E-state index < -0.39 is 17.8 Å². The van der Waals surface area contributed by atoms with Gasteiger partial charge in [-0.3, -0.25) is 4.79 Å². The lowest BCUT2D eigenvalue weighted by Gasteiger charge is -2.40. The van der Waals surface area contributed by atoms with Crippen LogP contribution in [0.15, 0.2) is 12.3 Å². The molecule has 1 fully saturated rings. The molecule has 1 atom stereocenters. The molecule has 3 heterocycles. The van der Waals surface area contributed by atoms with Crippen molar-refractivity contribution < 1.29 is 18.0 Å². The molecule has 1 aromatic rings. The number of nitrogens with one attached hydrogen (secondary N) is 2. The molecular weight excluding hydrogens is 261 g/mol. The molecule has 1 unspecified atom stereocenters. The van der Waals surface area contributed by atoms with E-state index in [1.54, 1.807) is 4.90 Å². The molecule has 19 heavy (non-hydrogen) atoms. The number of halogens is 3. The van der Waals surface area contributed by atoms with Crippen LogP contribution in [0.25, 0.3) is 0 Å². The zero-order valence-electron chi connectivity index (χ0n) is 9.79. The van der Waals surface area contributed by atoms with Gasteiger partial charge in [0.1, 0.15) is 6.04 Å². The van der Waals surface area contributed by atoms with Crippen LogP contribution in [0.3, 0.4) is 0 Å². The SMILES string of the molecule is O=C1Nc2cc(C(F)(F)F)cnc2N2CCNCC12. The first-order valence-electron chi connectivity index (χ1n) is 5.82. The van der Waals surface area contributed by atoms with Crippen molar-refractivity contribution in [3.63, 3.8) is 0 Å². The number of aromatic nitrogens is 1. The van der Waals surface area contributed by atoms with E-state index in [9.17, 15) is 18.0 Å². The number of nitrogens with zero attached hydrogens (tertiary/aromatic N) is 2. The van der Waals surface area contributed by atoms with Gasteiger partial charge in [-0.15, -0.1) is 0 Å². The summed E-state index contributed by atoms with van der Waals surface area (Å²) in [5.41, 5.74) is -0.738. The van der Waals surface area contributed by atoms with Gasteiger partial charge in [-0.1, -0.05) is 0 Å². The van der Waals surface area contributed by atoms with Crippen molar-refractivity contribution in [2.75, 3.05) is 29.9 Å². The number of pyridine rings is 1. The number of amides is 1. The number of carbonyl (C=O) groups is 1. The third-order valence-corrected chi connectivity index (χ3v) is 3.27. The van der Waals surface area contributed by atoms with Crippen molar-refractivity contribution in [3.8, 4) is 0 Å². The van der Waals surface area contributed by atoms with E-state index in [4.69, 9.17) is 0 Å². The van der Waals surface area contributed by atoms with Crippen molar-refractivity contribution >= 4 is 17.4 Å². The Bertz CT molecular complexity index is 531. The summed E-state index contributed by atoms with van der Waals surface area (Å²) in [7, 11) is 0. The van der Waals surface area contributed by atoms with Crippen LogP contribution in [-0.2, 0) is 11.0 Å². The lowest BCUT2D eigenvalue weighted by atomic mass is 10.1. The molecule has 0 aromatic carbocycles. The second-order valence-electron chi connectivity index (χ2n) is 4.50. The highest BCUT2D eigenvalue weighted by atomic mass is 19.4. The Morgan fingerprint density at radius 2 is 2.21 bits per heavy atom. The normalized spacial score (nSPS) is 22.6. The van der Waals surface area contributed by atoms with Gasteiger partial charge < -0.3 is 15.5 Å². The molecule has 5 nitrogen and oxygen atoms in total. The fourth-order valence-corrected chi connectivity index (χ4v) is 2.34. The molecule has 102 valence electrons. The number of carbonyl (C=O) groups excluding carboxylic acids is 1. The Balaban J connectivity index is 2.03. The second-order valence-corrected chi connectivity index (χ2v) is 4.50. The summed E-state index contributed by atoms with van der Waals surface area (Å²) in [4.78, 5) is 17.5. The molecule has 0 saturated carbocycles. The maximum atomic E-state index is 12.6. The van der Waals surface area contributed by atoms with Gasteiger partial charge in [-0.25, -0.2) is 4.98 Å². The number of alkyl halides is 3. The highest BCUT2D eigenvalue weighted by Crippen LogP contribution is 2.36. The maximum absolute atomic E-state index is 12.6. The molecule has 2 aliphatic rings. The monoisotopic (exact) mass is 272 g/mol. The fraction of sp³-hybridized carbons (Fsp3) is 0.455. The van der Waals surface area contributed by atoms with Crippen LogP contribution in [-0.4, -0.2) is 36.6 Å². The van der Waals surface area contributed by atoms with Crippen molar-refractivity contribution in [2.45, 2.75) is 12.2 Å². The first-order valence-corrected chi connectivity index (χ1v) is 5.82. The van der Waals surface area contributed by atoms with Gasteiger partial charge in [0.15, 0.2) is 5.82 Å². The zero-order chi connectivity index (χ0) is 13.6. The molecule has 3 rings (SSSR count). The van der Waals surface area contributed by atoms with Crippen LogP contribution in [0.4, 0.5) is 24.7 Å². The van der Waals surface area contributed by atoms with Gasteiger partial charge in [0, 0.05) is 25.8 Å². The predicted octanol–water partition coefficient (Wildman–Crippen LogP) is 0.831. The molecule has 2 N–H and O–H groups in total. The minimum absolute atomic E-state index is 0.123. The van der Waals surface area contributed by atoms with Crippen LogP contribution < -0.4 is 15.5 Å². The summed E-state index contributed by atoms with van der Waals surface area (Å²) in [6, 6.07) is 0.517. The van der Waals surface area contributed by atoms with Crippen LogP contribution >= 0.6 is 0 Å². The molecule has 0 spiro atoms. The Kier molecular flexibility index (Phi) is 2.63. The summed E-state index contributed by atoms with van der Waals surface area (Å²) in [6.07, 6.45) is -3.66. The highest BCUT2D eigenvalue weighted by molar-refractivity contribution is 6.03. The van der Waals surface area contributed by atoms with E-state index in [0.717, 1.165) is 12.3 Å². The third kappa shape index (κ3) is 2.01. The number of fused-ring (bicyclic) bond motifs is 3. The first kappa shape index (κ1) is 12.2. The molecule has 1 aromatic heterocycles. The van der Waals surface area contributed by atoms with E-state index in [2.05, 4.69) is 15.6 Å². The van der Waals surface area contributed by atoms with Crippen LogP contribution in [0.2, 0.25) is 0 Å². The molecule has 0 aliphatic carbocycles. The van der Waals surface area contributed by atoms with Crippen LogP contribution in [0.5, 0.6) is 0 Å². The number of hydrogen-bond donors (Lipinski definition) is 2. The molecule has 1 saturated heterocycles. The summed E-state index contributed by atoms with van der Waals surface area (Å²) < 4.78 is 37.8. The molecule has 0 radical (unpaired) electrons. The quantitative estimate of drug-likeness (QED) is 0.734. The minimum atomic E-state index is -4.47. The lowest BCUT2D eigenvalue weighted by Crippen LogP contribution is -2.59. The van der Waals surface area contributed by atoms with Crippen molar-refractivity contribution in [1.82, 2.24) is 10.3 Å². The molecule has 0 bridgehead atoms. The predicted molar refractivity (Wildman–Crippen MR) is 61.9 cm³/mol. The van der Waals surface area contributed by atoms with E-state index in [0.29, 0.717) is 25.5 Å². The molecule has 8 heteroatoms. The minimum Gasteiger partial charge on any atom is -0.340 e. The lowest BCUT2D eigenvalue weighted by molar-refractivity contribution is -0.137. The second kappa shape index (κ2) is 4.09. The largest absolute Gasteiger partial charge is 0.417 e. The Morgan fingerprint density at radius 1 is 1.42 bits per heavy atom. The van der Waals surface area contributed by atoms with Gasteiger partial charge in [-0.05, 0) is 6.07 Å². The van der Waals surface area contributed by atoms with E-state index in [-0.39, 0.29) is 11.6 Å². The number of piperazine rings is 1. The van der Waals surface area contributed by atoms with Gasteiger partial charge in [0.2, 0.25) is 5.91 Å². The first-order chi connectivity index (χ1) is 8.97. The summed E-state index contributed by atoms with van der Waals surface area (Å²) >= 11 is 0. The maximum Gasteiger partial charge on any atom is 0.417 e. The Hall–Kier alpha value is -1.83. The standard InChI is InChI=1S/C11H11F3N4O/c12-11(13,14)6-3-7-9(16-4-6)18-2-1-15-5-8(18)10(19)17-7/h3-4,8,15H,1-2,5H2,(H,17,19). The Morgan fingerprint density at radius 3 is 2.95 bits per heavy atom. The summed E-state index contributed by atoms with van der Waals surface area (Å²) in [5.74, 6) is 0.0972. The van der Waals surface area contributed by atoms with Gasteiger partial charge in [0.25, 0.3) is 0 Å². The summed E-state index contributed by atoms with van der Waals surface area (Å²) in [5, 5.41) is 5.56. The zero-order valence-corrected chi connectivity index (χ0v) is 9.79. The number of anilines is 2. The fourth-order valence-electron chi connectivity index (χ4n) is 2.34. The molecular formula is C11H11F3N4O. The van der Waals surface area contributed by atoms with Crippen molar-refractivity contribution in [2.24, 2.45) is 0 Å². The highest BCUT2D eigenvalue weighted by Gasteiger charge is 2.38. The van der Waals surface area contributed by atoms with Crippen molar-refractivity contribution in [3.05, 3.63) is 17.8 Å². The average molecular weight is 272 g/mol. The third-order valence-electron chi connectivity index (χ3n) is 3.27. The smallest absolute Gasteiger partial charge is 0.340 e. The van der Waals surface area contributed by atoms with Gasteiger partial charge in [0.05, 0.1) is 11.3 Å². The van der Waals surface area contributed by atoms with Crippen molar-refractivity contribution in [1.29, 1.82) is 0 Å². The summed E-state index contributed by atoms with van der Waals surface area (Å²) in [6.45, 7) is 1.68. The Labute approximate surface area is 106 Å². The van der Waals surface area contributed by atoms with Gasteiger partial charge in [-0.2, -0.15) is 13.2 Å². The molecule has 2 aliphatic heterocycles. The number of rotatable bonds is 0.